The maximum absolute atomic E-state index is 5.95. The number of ether oxygens (including phenoxy) is 2. The van der Waals surface area contributed by atoms with Crippen molar-refractivity contribution in [3.05, 3.63) is 144 Å². The molecule has 0 aliphatic rings. The number of nitrogens with one attached hydrogen (secondary N) is 1. The third-order valence-corrected chi connectivity index (χ3v) is 6.56. The molecule has 38 heavy (non-hydrogen) atoms. The van der Waals surface area contributed by atoms with Crippen molar-refractivity contribution in [1.29, 1.82) is 0 Å². The molecule has 5 aromatic rings. The molecule has 0 aliphatic carbocycles. The molecule has 1 aromatic heterocycles. The van der Waals surface area contributed by atoms with E-state index in [1.807, 2.05) is 48.5 Å². The van der Waals surface area contributed by atoms with Gasteiger partial charge in [0.1, 0.15) is 18.1 Å². The second-order valence-electron chi connectivity index (χ2n) is 8.93. The third-order valence-electron chi connectivity index (χ3n) is 6.56. The van der Waals surface area contributed by atoms with Gasteiger partial charge in [-0.25, -0.2) is 4.98 Å². The van der Waals surface area contributed by atoms with Gasteiger partial charge in [-0.3, -0.25) is 5.32 Å². The van der Waals surface area contributed by atoms with Gasteiger partial charge in [0.2, 0.25) is 0 Å². The van der Waals surface area contributed by atoms with E-state index in [4.69, 9.17) is 15.9 Å². The van der Waals surface area contributed by atoms with Crippen LogP contribution in [0.15, 0.2) is 121 Å². The van der Waals surface area contributed by atoms with Crippen molar-refractivity contribution in [2.45, 2.75) is 5.54 Å². The molecule has 0 fully saturated rings. The van der Waals surface area contributed by atoms with Gasteiger partial charge in [-0.15, -0.1) is 6.42 Å². The Morgan fingerprint density at radius 2 is 1.29 bits per heavy atom. The molecule has 1 N–H and O–H groups in total. The summed E-state index contributed by atoms with van der Waals surface area (Å²) in [6.07, 6.45) is 5.44. The molecule has 5 rings (SSSR count). The van der Waals surface area contributed by atoms with Gasteiger partial charge in [0.05, 0.1) is 24.3 Å². The second-order valence-corrected chi connectivity index (χ2v) is 8.93. The van der Waals surface area contributed by atoms with Crippen LogP contribution in [0.2, 0.25) is 0 Å². The summed E-state index contributed by atoms with van der Waals surface area (Å²) in [5.41, 5.74) is 4.53. The maximum Gasteiger partial charge on any atom is 0.120 e. The van der Waals surface area contributed by atoms with E-state index >= 15 is 0 Å². The van der Waals surface area contributed by atoms with Crippen LogP contribution in [0.4, 0.5) is 0 Å². The van der Waals surface area contributed by atoms with E-state index in [-0.39, 0.29) is 0 Å². The Balaban J connectivity index is 1.22. The second kappa shape index (κ2) is 12.2. The van der Waals surface area contributed by atoms with Crippen molar-refractivity contribution < 1.29 is 9.47 Å². The van der Waals surface area contributed by atoms with Crippen molar-refractivity contribution in [1.82, 2.24) is 10.3 Å². The number of terminal acetylenes is 1. The largest absolute Gasteiger partial charge is 0.491 e. The van der Waals surface area contributed by atoms with Crippen LogP contribution in [0.1, 0.15) is 22.4 Å². The Labute approximate surface area is 224 Å². The minimum absolute atomic E-state index is 0.461. The van der Waals surface area contributed by atoms with Crippen LogP contribution < -0.4 is 10.1 Å². The molecule has 1 heterocycles. The zero-order valence-corrected chi connectivity index (χ0v) is 21.2. The Hall–Kier alpha value is -4.43. The highest BCUT2D eigenvalue weighted by atomic mass is 16.5. The number of hydrogen-bond donors (Lipinski definition) is 1. The van der Waals surface area contributed by atoms with Gasteiger partial charge in [0.15, 0.2) is 0 Å². The SMILES string of the molecule is C#Cc1ccc2cc(OCCOCCNC(c3ccccc3)(c3ccccc3)c3ccccc3)ccc2n1. The van der Waals surface area contributed by atoms with Crippen LogP contribution in [0.3, 0.4) is 0 Å². The third kappa shape index (κ3) is 5.60. The Bertz CT molecular complexity index is 1400. The van der Waals surface area contributed by atoms with Gasteiger partial charge >= 0.3 is 0 Å². The number of hydrogen-bond acceptors (Lipinski definition) is 4. The van der Waals surface area contributed by atoms with Gasteiger partial charge in [-0.1, -0.05) is 96.9 Å². The van der Waals surface area contributed by atoms with Crippen LogP contribution in [0, 0.1) is 12.3 Å². The number of nitrogens with zero attached hydrogens (tertiary/aromatic N) is 1. The van der Waals surface area contributed by atoms with Crippen molar-refractivity contribution >= 4 is 10.9 Å². The standard InChI is InChI=1S/C34H30N2O2/c1-2-31-19-18-27-26-32(20-21-33(27)36-31)38-25-24-37-23-22-35-34(28-12-6-3-7-13-28,29-14-8-4-9-15-29)30-16-10-5-11-17-30/h1,3-21,26,35H,22-25H2. The average Bonchev–Trinajstić information content (AvgIpc) is 2.99. The van der Waals surface area contributed by atoms with Crippen LogP contribution in [-0.4, -0.2) is 31.3 Å². The minimum atomic E-state index is -0.498. The van der Waals surface area contributed by atoms with E-state index in [1.165, 1.54) is 16.7 Å². The fourth-order valence-electron chi connectivity index (χ4n) is 4.78. The number of benzene rings is 4. The smallest absolute Gasteiger partial charge is 0.120 e. The number of rotatable bonds is 11. The monoisotopic (exact) mass is 498 g/mol. The molecular formula is C34H30N2O2. The highest BCUT2D eigenvalue weighted by molar-refractivity contribution is 5.80. The maximum atomic E-state index is 5.95. The molecule has 4 heteroatoms. The summed E-state index contributed by atoms with van der Waals surface area (Å²) in [4.78, 5) is 4.43. The van der Waals surface area contributed by atoms with E-state index < -0.39 is 5.54 Å². The first kappa shape index (κ1) is 25.2. The van der Waals surface area contributed by atoms with Crippen molar-refractivity contribution in [2.24, 2.45) is 0 Å². The Kier molecular flexibility index (Phi) is 8.10. The fraction of sp³-hybridized carbons (Fsp3) is 0.147. The number of aromatic nitrogens is 1. The van der Waals surface area contributed by atoms with E-state index in [2.05, 4.69) is 89.0 Å². The first-order chi connectivity index (χ1) is 18.8. The molecule has 188 valence electrons. The Morgan fingerprint density at radius 3 is 1.87 bits per heavy atom. The van der Waals surface area contributed by atoms with E-state index in [9.17, 15) is 0 Å². The summed E-state index contributed by atoms with van der Waals surface area (Å²) < 4.78 is 11.9. The quantitative estimate of drug-likeness (QED) is 0.134. The molecule has 0 aliphatic heterocycles. The summed E-state index contributed by atoms with van der Waals surface area (Å²) in [5.74, 6) is 3.35. The van der Waals surface area contributed by atoms with Gasteiger partial charge in [0, 0.05) is 11.9 Å². The van der Waals surface area contributed by atoms with Gasteiger partial charge in [0.25, 0.3) is 0 Å². The van der Waals surface area contributed by atoms with Gasteiger partial charge < -0.3 is 9.47 Å². The molecule has 0 saturated heterocycles. The first-order valence-electron chi connectivity index (χ1n) is 12.8. The lowest BCUT2D eigenvalue weighted by molar-refractivity contribution is 0.0992. The molecular weight excluding hydrogens is 468 g/mol. The fourth-order valence-corrected chi connectivity index (χ4v) is 4.78. The van der Waals surface area contributed by atoms with E-state index in [1.54, 1.807) is 0 Å². The molecule has 0 unspecified atom stereocenters. The normalized spacial score (nSPS) is 11.2. The predicted molar refractivity (Wildman–Crippen MR) is 153 cm³/mol. The molecule has 4 aromatic carbocycles. The van der Waals surface area contributed by atoms with Crippen molar-refractivity contribution in [2.75, 3.05) is 26.4 Å². The lowest BCUT2D eigenvalue weighted by atomic mass is 9.77. The summed E-state index contributed by atoms with van der Waals surface area (Å²) in [7, 11) is 0. The van der Waals surface area contributed by atoms with Crippen molar-refractivity contribution in [3.63, 3.8) is 0 Å². The lowest BCUT2D eigenvalue weighted by Crippen LogP contribution is -2.46. The molecule has 0 atom stereocenters. The summed E-state index contributed by atoms with van der Waals surface area (Å²) >= 11 is 0. The molecule has 0 saturated carbocycles. The molecule has 0 amide bonds. The van der Waals surface area contributed by atoms with Crippen LogP contribution >= 0.6 is 0 Å². The predicted octanol–water partition coefficient (Wildman–Crippen LogP) is 6.19. The molecule has 4 nitrogen and oxygen atoms in total. The highest BCUT2D eigenvalue weighted by Gasteiger charge is 2.35. The van der Waals surface area contributed by atoms with Crippen molar-refractivity contribution in [3.8, 4) is 18.1 Å². The summed E-state index contributed by atoms with van der Waals surface area (Å²) in [5, 5.41) is 4.82. The number of pyridine rings is 1. The minimum Gasteiger partial charge on any atom is -0.491 e. The summed E-state index contributed by atoms with van der Waals surface area (Å²) in [6, 6.07) is 41.3. The molecule has 0 radical (unpaired) electrons. The van der Waals surface area contributed by atoms with Gasteiger partial charge in [-0.05, 0) is 47.0 Å². The van der Waals surface area contributed by atoms with Crippen LogP contribution in [-0.2, 0) is 10.3 Å². The molecule has 0 spiro atoms. The average molecular weight is 499 g/mol. The van der Waals surface area contributed by atoms with E-state index in [0.717, 1.165) is 16.7 Å². The Morgan fingerprint density at radius 1 is 0.684 bits per heavy atom. The first-order valence-corrected chi connectivity index (χ1v) is 12.8. The lowest BCUT2D eigenvalue weighted by Gasteiger charge is -2.37. The zero-order valence-electron chi connectivity index (χ0n) is 21.2. The zero-order chi connectivity index (χ0) is 26.0. The topological polar surface area (TPSA) is 43.4 Å². The summed E-state index contributed by atoms with van der Waals surface area (Å²) in [6.45, 7) is 2.16. The van der Waals surface area contributed by atoms with Gasteiger partial charge in [-0.2, -0.15) is 0 Å². The van der Waals surface area contributed by atoms with E-state index in [0.29, 0.717) is 32.1 Å². The number of fused-ring (bicyclic) bond motifs is 1. The molecule has 0 bridgehead atoms. The highest BCUT2D eigenvalue weighted by Crippen LogP contribution is 2.36. The van der Waals surface area contributed by atoms with Crippen LogP contribution in [0.5, 0.6) is 5.75 Å². The van der Waals surface area contributed by atoms with Crippen LogP contribution in [0.25, 0.3) is 10.9 Å².